The lowest BCUT2D eigenvalue weighted by atomic mass is 9.98. The molecule has 47 heavy (non-hydrogen) atoms. The van der Waals surface area contributed by atoms with Crippen LogP contribution in [0.3, 0.4) is 0 Å². The maximum absolute atomic E-state index is 15.6. The van der Waals surface area contributed by atoms with Crippen LogP contribution in [-0.4, -0.2) is 50.6 Å². The van der Waals surface area contributed by atoms with E-state index < -0.39 is 17.6 Å². The predicted octanol–water partition coefficient (Wildman–Crippen LogP) is 8.74. The molecule has 0 spiro atoms. The van der Waals surface area contributed by atoms with Crippen molar-refractivity contribution in [2.45, 2.75) is 52.5 Å². The minimum atomic E-state index is -0.846. The van der Waals surface area contributed by atoms with Crippen LogP contribution in [0, 0.1) is 24.0 Å². The zero-order valence-corrected chi connectivity index (χ0v) is 27.6. The Labute approximate surface area is 277 Å². The summed E-state index contributed by atoms with van der Waals surface area (Å²) in [5.74, 6) is 0.267. The smallest absolute Gasteiger partial charge is 0.303 e. The van der Waals surface area contributed by atoms with E-state index in [0.717, 1.165) is 39.1 Å². The van der Waals surface area contributed by atoms with E-state index in [-0.39, 0.29) is 29.2 Å². The van der Waals surface area contributed by atoms with Gasteiger partial charge in [-0.2, -0.15) is 16.9 Å². The second kappa shape index (κ2) is 13.9. The minimum Gasteiger partial charge on any atom is -0.481 e. The van der Waals surface area contributed by atoms with Crippen LogP contribution in [0.2, 0.25) is 0 Å². The number of carboxylic acid groups (broad SMARTS) is 1. The molecule has 7 nitrogen and oxygen atoms in total. The minimum absolute atomic E-state index is 0.0392. The Morgan fingerprint density at radius 3 is 2.83 bits per heavy atom. The van der Waals surface area contributed by atoms with Gasteiger partial charge in [0.25, 0.3) is 0 Å². The number of aromatic amines is 1. The number of hydrogen-bond donors (Lipinski definition) is 2. The normalized spacial score (nSPS) is 17.3. The highest BCUT2D eigenvalue weighted by Gasteiger charge is 2.24. The summed E-state index contributed by atoms with van der Waals surface area (Å²) in [6.07, 6.45) is 5.35. The summed E-state index contributed by atoms with van der Waals surface area (Å²) in [5.41, 5.74) is 4.72. The van der Waals surface area contributed by atoms with Crippen LogP contribution >= 0.6 is 11.8 Å². The summed E-state index contributed by atoms with van der Waals surface area (Å²) in [4.78, 5) is 14.3. The third-order valence-corrected chi connectivity index (χ3v) is 9.97. The lowest BCUT2D eigenvalue weighted by molar-refractivity contribution is -0.136. The molecule has 1 atom stereocenters. The Kier molecular flexibility index (Phi) is 9.70. The maximum Gasteiger partial charge on any atom is 0.303 e. The molecule has 1 aliphatic rings. The number of benzene rings is 3. The van der Waals surface area contributed by atoms with Crippen LogP contribution < -0.4 is 4.74 Å². The fourth-order valence-corrected chi connectivity index (χ4v) is 7.25. The van der Waals surface area contributed by atoms with Gasteiger partial charge in [0, 0.05) is 59.3 Å². The molecule has 3 heterocycles. The SMILES string of the molecule is Cc1cn2nc1-c1cc(ccc1F)Oc1c(F)cc3[nH]ccc3c1CCSCC(C)(C)COCCC2c1cccc(CCC(=O)O)c1. The summed E-state index contributed by atoms with van der Waals surface area (Å²) in [5, 5.41) is 15.0. The molecular weight excluding hydrogens is 620 g/mol. The number of aryl methyl sites for hydroxylation is 3. The van der Waals surface area contributed by atoms with Gasteiger partial charge in [-0.05, 0) is 78.3 Å². The highest BCUT2D eigenvalue weighted by Crippen LogP contribution is 2.38. The van der Waals surface area contributed by atoms with Crippen molar-refractivity contribution >= 4 is 28.6 Å². The molecule has 6 rings (SSSR count). The largest absolute Gasteiger partial charge is 0.481 e. The lowest BCUT2D eigenvalue weighted by Crippen LogP contribution is -2.24. The van der Waals surface area contributed by atoms with E-state index >= 15 is 8.78 Å². The molecular formula is C37H39F2N3O4S. The van der Waals surface area contributed by atoms with Crippen molar-refractivity contribution in [3.05, 3.63) is 101 Å². The van der Waals surface area contributed by atoms with Crippen molar-refractivity contribution in [2.24, 2.45) is 5.41 Å². The highest BCUT2D eigenvalue weighted by molar-refractivity contribution is 7.99. The van der Waals surface area contributed by atoms with Crippen LogP contribution in [0.15, 0.2) is 67.0 Å². The summed E-state index contributed by atoms with van der Waals surface area (Å²) in [7, 11) is 0. The Morgan fingerprint density at radius 2 is 2.00 bits per heavy atom. The standard InChI is InChI=1S/C37H39F2N3O4S/c1-23-20-42-33(25-6-4-5-24(17-25)7-10-34(43)44)12-15-45-21-37(2,3)22-47-16-13-28-27-11-14-40-32(27)19-31(39)36(28)46-26-8-9-30(38)29(18-26)35(23)41-42/h4-6,8-9,11,14,17-20,33,40H,7,10,12-13,15-16,21-22H2,1-3H3,(H,43,44). The number of carbonyl (C=O) groups is 1. The summed E-state index contributed by atoms with van der Waals surface area (Å²) in [6.45, 7) is 7.27. The van der Waals surface area contributed by atoms with Crippen molar-refractivity contribution in [3.8, 4) is 22.8 Å². The molecule has 10 heteroatoms. The number of aromatic nitrogens is 3. The van der Waals surface area contributed by atoms with E-state index in [1.807, 2.05) is 48.1 Å². The number of fused-ring (bicyclic) bond motifs is 8. The van der Waals surface area contributed by atoms with Crippen molar-refractivity contribution in [3.63, 3.8) is 0 Å². The predicted molar refractivity (Wildman–Crippen MR) is 181 cm³/mol. The zero-order chi connectivity index (χ0) is 33.1. The Bertz CT molecular complexity index is 1900. The van der Waals surface area contributed by atoms with E-state index in [1.54, 1.807) is 24.0 Å². The molecule has 0 radical (unpaired) electrons. The van der Waals surface area contributed by atoms with E-state index in [2.05, 4.69) is 18.8 Å². The number of nitrogens with zero attached hydrogens (tertiary/aromatic N) is 2. The van der Waals surface area contributed by atoms with E-state index in [9.17, 15) is 9.90 Å². The molecule has 0 fully saturated rings. The van der Waals surface area contributed by atoms with Gasteiger partial charge < -0.3 is 19.6 Å². The first kappa shape index (κ1) is 32.8. The van der Waals surface area contributed by atoms with Gasteiger partial charge in [0.15, 0.2) is 11.6 Å². The van der Waals surface area contributed by atoms with Gasteiger partial charge in [0.2, 0.25) is 0 Å². The van der Waals surface area contributed by atoms with E-state index in [0.29, 0.717) is 49.4 Å². The fourth-order valence-electron chi connectivity index (χ4n) is 6.12. The first-order valence-corrected chi connectivity index (χ1v) is 17.0. The van der Waals surface area contributed by atoms with Crippen molar-refractivity contribution in [1.29, 1.82) is 0 Å². The Balaban J connectivity index is 1.42. The fraction of sp³-hybridized carbons (Fsp3) is 0.351. The van der Waals surface area contributed by atoms with Crippen molar-refractivity contribution < 1.29 is 28.2 Å². The number of halogens is 2. The molecule has 0 saturated heterocycles. The third-order valence-electron chi connectivity index (χ3n) is 8.49. The molecule has 3 aromatic carbocycles. The molecule has 4 bridgehead atoms. The average molecular weight is 660 g/mol. The van der Waals surface area contributed by atoms with Crippen LogP contribution in [-0.2, 0) is 22.4 Å². The molecule has 1 aliphatic heterocycles. The number of ether oxygens (including phenoxy) is 2. The summed E-state index contributed by atoms with van der Waals surface area (Å²) in [6, 6.07) is 15.4. The molecule has 246 valence electrons. The molecule has 0 amide bonds. The van der Waals surface area contributed by atoms with Gasteiger partial charge in [0.1, 0.15) is 11.6 Å². The molecule has 1 unspecified atom stereocenters. The second-order valence-electron chi connectivity index (χ2n) is 13.0. The summed E-state index contributed by atoms with van der Waals surface area (Å²) >= 11 is 1.79. The molecule has 0 saturated carbocycles. The van der Waals surface area contributed by atoms with Gasteiger partial charge >= 0.3 is 5.97 Å². The molecule has 2 aromatic heterocycles. The quantitative estimate of drug-likeness (QED) is 0.201. The molecule has 5 aromatic rings. The van der Waals surface area contributed by atoms with Gasteiger partial charge in [0.05, 0.1) is 18.3 Å². The number of H-pyrrole nitrogens is 1. The third kappa shape index (κ3) is 7.55. The van der Waals surface area contributed by atoms with Gasteiger partial charge in [-0.1, -0.05) is 38.1 Å². The summed E-state index contributed by atoms with van der Waals surface area (Å²) < 4.78 is 45.4. The van der Waals surface area contributed by atoms with Gasteiger partial charge in [-0.3, -0.25) is 9.48 Å². The number of aliphatic carboxylic acids is 1. The van der Waals surface area contributed by atoms with Gasteiger partial charge in [-0.25, -0.2) is 8.78 Å². The van der Waals surface area contributed by atoms with Crippen LogP contribution in [0.1, 0.15) is 55.0 Å². The van der Waals surface area contributed by atoms with E-state index in [1.165, 1.54) is 18.2 Å². The van der Waals surface area contributed by atoms with Crippen molar-refractivity contribution in [2.75, 3.05) is 24.7 Å². The Morgan fingerprint density at radius 1 is 1.15 bits per heavy atom. The monoisotopic (exact) mass is 659 g/mol. The van der Waals surface area contributed by atoms with Crippen LogP contribution in [0.4, 0.5) is 8.78 Å². The highest BCUT2D eigenvalue weighted by atomic mass is 32.2. The number of hydrogen-bond acceptors (Lipinski definition) is 5. The molecule has 2 N–H and O–H groups in total. The number of thioether (sulfide) groups is 1. The first-order valence-electron chi connectivity index (χ1n) is 15.9. The lowest BCUT2D eigenvalue weighted by Gasteiger charge is -2.25. The van der Waals surface area contributed by atoms with Gasteiger partial charge in [-0.15, -0.1) is 0 Å². The van der Waals surface area contributed by atoms with Crippen molar-refractivity contribution in [1.82, 2.24) is 14.8 Å². The van der Waals surface area contributed by atoms with E-state index in [4.69, 9.17) is 14.6 Å². The number of carboxylic acids is 1. The average Bonchev–Trinajstić information content (AvgIpc) is 3.66. The van der Waals surface area contributed by atoms with Crippen LogP contribution in [0.25, 0.3) is 22.2 Å². The number of nitrogens with one attached hydrogen (secondary N) is 1. The Hall–Kier alpha value is -4.15. The zero-order valence-electron chi connectivity index (χ0n) is 26.8. The second-order valence-corrected chi connectivity index (χ2v) is 14.1. The number of rotatable bonds is 4. The molecule has 0 aliphatic carbocycles. The maximum atomic E-state index is 15.6. The topological polar surface area (TPSA) is 89.4 Å². The first-order chi connectivity index (χ1) is 22.6. The van der Waals surface area contributed by atoms with Crippen LogP contribution in [0.5, 0.6) is 11.5 Å².